The summed E-state index contributed by atoms with van der Waals surface area (Å²) in [6, 6.07) is 14.6. The highest BCUT2D eigenvalue weighted by atomic mass is 16.2. The Hall–Kier alpha value is -2.20. The number of anilines is 1. The molecule has 1 saturated heterocycles. The van der Waals surface area contributed by atoms with E-state index in [0.717, 1.165) is 43.3 Å². The summed E-state index contributed by atoms with van der Waals surface area (Å²) >= 11 is 0. The van der Waals surface area contributed by atoms with Crippen molar-refractivity contribution in [2.75, 3.05) is 24.5 Å². The van der Waals surface area contributed by atoms with E-state index in [4.69, 9.17) is 4.98 Å². The minimum absolute atomic E-state index is 0.0526. The zero-order valence-electron chi connectivity index (χ0n) is 16.8. The quantitative estimate of drug-likeness (QED) is 0.833. The average molecular weight is 364 g/mol. The Bertz CT molecular complexity index is 846. The van der Waals surface area contributed by atoms with Gasteiger partial charge in [-0.3, -0.25) is 14.7 Å². The first-order valence-electron chi connectivity index (χ1n) is 9.91. The van der Waals surface area contributed by atoms with Crippen molar-refractivity contribution in [2.24, 2.45) is 11.8 Å². The lowest BCUT2D eigenvalue weighted by atomic mass is 9.91. The molecule has 4 heteroatoms. The Balaban J connectivity index is 1.52. The molecule has 2 aromatic rings. The fourth-order valence-electron chi connectivity index (χ4n) is 4.58. The van der Waals surface area contributed by atoms with Gasteiger partial charge in [-0.15, -0.1) is 0 Å². The second-order valence-corrected chi connectivity index (χ2v) is 8.89. The summed E-state index contributed by atoms with van der Waals surface area (Å²) in [5.74, 6) is 0.680. The van der Waals surface area contributed by atoms with E-state index in [2.05, 4.69) is 56.0 Å². The minimum atomic E-state index is -0.0947. The number of amides is 1. The van der Waals surface area contributed by atoms with E-state index >= 15 is 0 Å². The predicted octanol–water partition coefficient (Wildman–Crippen LogP) is 3.78. The van der Waals surface area contributed by atoms with Gasteiger partial charge in [0, 0.05) is 37.3 Å². The van der Waals surface area contributed by atoms with Crippen molar-refractivity contribution >= 4 is 11.6 Å². The number of aromatic nitrogens is 1. The monoisotopic (exact) mass is 363 g/mol. The smallest absolute Gasteiger partial charge is 0.231 e. The van der Waals surface area contributed by atoms with Crippen LogP contribution in [0.4, 0.5) is 5.69 Å². The van der Waals surface area contributed by atoms with E-state index in [1.165, 1.54) is 5.56 Å². The second kappa shape index (κ2) is 6.75. The maximum Gasteiger partial charge on any atom is 0.231 e. The number of hydrogen-bond donors (Lipinski definition) is 0. The molecule has 0 unspecified atom stereocenters. The first-order valence-corrected chi connectivity index (χ1v) is 9.91. The van der Waals surface area contributed by atoms with Crippen LogP contribution in [0.1, 0.15) is 37.7 Å². The first-order chi connectivity index (χ1) is 12.8. The normalized spacial score (nSPS) is 24.2. The van der Waals surface area contributed by atoms with Gasteiger partial charge in [0.15, 0.2) is 0 Å². The van der Waals surface area contributed by atoms with Crippen molar-refractivity contribution in [1.29, 1.82) is 0 Å². The Morgan fingerprint density at radius 1 is 1.15 bits per heavy atom. The van der Waals surface area contributed by atoms with E-state index in [1.807, 2.05) is 24.0 Å². The van der Waals surface area contributed by atoms with Crippen LogP contribution >= 0.6 is 0 Å². The molecule has 4 rings (SSSR count). The van der Waals surface area contributed by atoms with Crippen LogP contribution in [0.15, 0.2) is 42.5 Å². The zero-order valence-corrected chi connectivity index (χ0v) is 16.8. The molecule has 2 aliphatic heterocycles. The molecule has 1 aromatic heterocycles. The topological polar surface area (TPSA) is 36.4 Å². The van der Waals surface area contributed by atoms with Gasteiger partial charge in [0.25, 0.3) is 0 Å². The third kappa shape index (κ3) is 3.39. The predicted molar refractivity (Wildman–Crippen MR) is 109 cm³/mol. The zero-order chi connectivity index (χ0) is 19.2. The van der Waals surface area contributed by atoms with Crippen molar-refractivity contribution in [2.45, 2.75) is 39.7 Å². The van der Waals surface area contributed by atoms with Crippen molar-refractivity contribution < 1.29 is 4.79 Å². The van der Waals surface area contributed by atoms with Gasteiger partial charge >= 0.3 is 0 Å². The summed E-state index contributed by atoms with van der Waals surface area (Å²) in [5, 5.41) is 0. The Labute approximate surface area is 162 Å². The van der Waals surface area contributed by atoms with Crippen LogP contribution in [0.25, 0.3) is 0 Å². The largest absolute Gasteiger partial charge is 0.309 e. The van der Waals surface area contributed by atoms with E-state index < -0.39 is 0 Å². The number of rotatable bonds is 3. The molecule has 0 aliphatic carbocycles. The van der Waals surface area contributed by atoms with Crippen LogP contribution in [0.2, 0.25) is 0 Å². The highest BCUT2D eigenvalue weighted by Crippen LogP contribution is 2.41. The Kier molecular flexibility index (Phi) is 4.55. The first kappa shape index (κ1) is 18.2. The molecule has 1 fully saturated rings. The highest BCUT2D eigenvalue weighted by molar-refractivity contribution is 5.98. The van der Waals surface area contributed by atoms with Gasteiger partial charge < -0.3 is 4.90 Å². The molecule has 4 nitrogen and oxygen atoms in total. The minimum Gasteiger partial charge on any atom is -0.309 e. The van der Waals surface area contributed by atoms with Gasteiger partial charge in [-0.05, 0) is 30.5 Å². The average Bonchev–Trinajstić information content (AvgIpc) is 3.12. The third-order valence-electron chi connectivity index (χ3n) is 6.02. The number of aryl methyl sites for hydroxylation is 1. The molecule has 0 spiro atoms. The SMILES string of the molecule is Cc1ccc2c(n1)C(C)(C)CN2C(=O)[C@H]1CN(Cc2ccccc2)C[C@@H]1C. The van der Waals surface area contributed by atoms with Gasteiger partial charge in [0.1, 0.15) is 0 Å². The van der Waals surface area contributed by atoms with Gasteiger partial charge in [-0.25, -0.2) is 0 Å². The third-order valence-corrected chi connectivity index (χ3v) is 6.02. The number of carbonyl (C=O) groups is 1. The van der Waals surface area contributed by atoms with Crippen LogP contribution < -0.4 is 4.90 Å². The number of likely N-dealkylation sites (tertiary alicyclic amines) is 1. The number of carbonyl (C=O) groups excluding carboxylic acids is 1. The van der Waals surface area contributed by atoms with E-state index in [0.29, 0.717) is 5.92 Å². The lowest BCUT2D eigenvalue weighted by molar-refractivity contribution is -0.123. The Morgan fingerprint density at radius 2 is 1.89 bits per heavy atom. The number of hydrogen-bond acceptors (Lipinski definition) is 3. The van der Waals surface area contributed by atoms with Crippen LogP contribution in [0.3, 0.4) is 0 Å². The molecule has 1 amide bonds. The number of benzene rings is 1. The van der Waals surface area contributed by atoms with Gasteiger partial charge in [0.05, 0.1) is 17.3 Å². The molecule has 142 valence electrons. The molecular formula is C23H29N3O. The molecule has 0 N–H and O–H groups in total. The van der Waals surface area contributed by atoms with Crippen molar-refractivity contribution in [1.82, 2.24) is 9.88 Å². The lowest BCUT2D eigenvalue weighted by Crippen LogP contribution is -2.40. The van der Waals surface area contributed by atoms with Gasteiger partial charge in [-0.1, -0.05) is 51.1 Å². The second-order valence-electron chi connectivity index (χ2n) is 8.89. The van der Waals surface area contributed by atoms with Crippen LogP contribution in [0.5, 0.6) is 0 Å². The molecule has 0 bridgehead atoms. The van der Waals surface area contributed by atoms with Crippen molar-refractivity contribution in [3.63, 3.8) is 0 Å². The molecular weight excluding hydrogens is 334 g/mol. The molecule has 0 saturated carbocycles. The summed E-state index contributed by atoms with van der Waals surface area (Å²) in [6.07, 6.45) is 0. The summed E-state index contributed by atoms with van der Waals surface area (Å²) in [7, 11) is 0. The standard InChI is InChI=1S/C23H29N3O/c1-16-12-25(13-18-8-6-5-7-9-18)14-19(16)22(27)26-15-23(3,4)21-20(26)11-10-17(2)24-21/h5-11,16,19H,12-15H2,1-4H3/t16-,19-/m0/s1. The molecule has 2 atom stereocenters. The summed E-state index contributed by atoms with van der Waals surface area (Å²) in [6.45, 7) is 12.0. The number of nitrogens with zero attached hydrogens (tertiary/aromatic N) is 3. The summed E-state index contributed by atoms with van der Waals surface area (Å²) in [4.78, 5) is 22.6. The molecule has 27 heavy (non-hydrogen) atoms. The fourth-order valence-corrected chi connectivity index (χ4v) is 4.58. The Morgan fingerprint density at radius 3 is 2.63 bits per heavy atom. The summed E-state index contributed by atoms with van der Waals surface area (Å²) < 4.78 is 0. The van der Waals surface area contributed by atoms with Crippen molar-refractivity contribution in [3.05, 3.63) is 59.4 Å². The van der Waals surface area contributed by atoms with Crippen LogP contribution in [-0.4, -0.2) is 35.4 Å². The van der Waals surface area contributed by atoms with Crippen LogP contribution in [-0.2, 0) is 16.8 Å². The van der Waals surface area contributed by atoms with Crippen LogP contribution in [0, 0.1) is 18.8 Å². The van der Waals surface area contributed by atoms with E-state index in [-0.39, 0.29) is 17.2 Å². The molecule has 1 aromatic carbocycles. The lowest BCUT2D eigenvalue weighted by Gasteiger charge is -2.25. The molecule has 3 heterocycles. The van der Waals surface area contributed by atoms with Gasteiger partial charge in [0.2, 0.25) is 5.91 Å². The summed E-state index contributed by atoms with van der Waals surface area (Å²) in [5.41, 5.74) is 4.29. The maximum absolute atomic E-state index is 13.5. The highest BCUT2D eigenvalue weighted by Gasteiger charge is 2.44. The van der Waals surface area contributed by atoms with Gasteiger partial charge in [-0.2, -0.15) is 0 Å². The fraction of sp³-hybridized carbons (Fsp3) is 0.478. The van der Waals surface area contributed by atoms with Crippen molar-refractivity contribution in [3.8, 4) is 0 Å². The number of fused-ring (bicyclic) bond motifs is 1. The maximum atomic E-state index is 13.5. The molecule has 0 radical (unpaired) electrons. The molecule has 2 aliphatic rings. The van der Waals surface area contributed by atoms with E-state index in [1.54, 1.807) is 0 Å². The number of pyridine rings is 1. The van der Waals surface area contributed by atoms with E-state index in [9.17, 15) is 4.79 Å².